The van der Waals surface area contributed by atoms with Gasteiger partial charge in [-0.15, -0.1) is 0 Å². The topological polar surface area (TPSA) is 60.9 Å². The molecule has 1 heterocycles. The zero-order chi connectivity index (χ0) is 14.0. The Bertz CT molecular complexity index is 519. The van der Waals surface area contributed by atoms with Crippen LogP contribution in [-0.2, 0) is 9.59 Å². The first-order chi connectivity index (χ1) is 8.99. The van der Waals surface area contributed by atoms with Crippen LogP contribution in [0.25, 0.3) is 0 Å². The molecule has 1 aliphatic rings. The molecule has 1 N–H and O–H groups in total. The summed E-state index contributed by atoms with van der Waals surface area (Å²) in [5.41, 5.74) is 1.82. The number of rotatable bonds is 4. The van der Waals surface area contributed by atoms with Crippen molar-refractivity contribution in [2.24, 2.45) is 0 Å². The second-order valence-corrected chi connectivity index (χ2v) is 5.45. The fraction of sp³-hybridized carbons (Fsp3) is 0.385. The van der Waals surface area contributed by atoms with Gasteiger partial charge in [0.15, 0.2) is 0 Å². The summed E-state index contributed by atoms with van der Waals surface area (Å²) < 4.78 is 0.956. The summed E-state index contributed by atoms with van der Waals surface area (Å²) in [6.45, 7) is 0.754. The largest absolute Gasteiger partial charge is 0.481 e. The van der Waals surface area contributed by atoms with E-state index in [1.165, 1.54) is 0 Å². The number of hydrogen-bond donors (Lipinski definition) is 1. The number of halogens is 1. The van der Waals surface area contributed by atoms with Crippen LogP contribution in [0.15, 0.2) is 22.7 Å². The van der Waals surface area contributed by atoms with Crippen LogP contribution in [0.3, 0.4) is 0 Å². The quantitative estimate of drug-likeness (QED) is 0.920. The lowest BCUT2D eigenvalue weighted by Gasteiger charge is -2.35. The molecule has 0 saturated heterocycles. The maximum atomic E-state index is 12.1. The number of anilines is 2. The van der Waals surface area contributed by atoms with Gasteiger partial charge in [-0.2, -0.15) is 0 Å². The SMILES string of the molecule is CN1CC(=O)N(CCCC(=O)O)c2ccc(Br)cc21. The highest BCUT2D eigenvalue weighted by Crippen LogP contribution is 2.35. The molecule has 0 radical (unpaired) electrons. The fourth-order valence-corrected chi connectivity index (χ4v) is 2.52. The Morgan fingerprint density at radius 3 is 2.84 bits per heavy atom. The van der Waals surface area contributed by atoms with Crippen LogP contribution in [0.2, 0.25) is 0 Å². The van der Waals surface area contributed by atoms with Crippen molar-refractivity contribution in [1.29, 1.82) is 0 Å². The number of nitrogens with zero attached hydrogens (tertiary/aromatic N) is 2. The molecule has 0 unspecified atom stereocenters. The van der Waals surface area contributed by atoms with Gasteiger partial charge in [-0.05, 0) is 24.6 Å². The molecule has 0 atom stereocenters. The van der Waals surface area contributed by atoms with Crippen molar-refractivity contribution in [1.82, 2.24) is 0 Å². The molecule has 1 amide bonds. The number of carboxylic acid groups (broad SMARTS) is 1. The summed E-state index contributed by atoms with van der Waals surface area (Å²) in [7, 11) is 1.87. The van der Waals surface area contributed by atoms with E-state index in [1.54, 1.807) is 4.90 Å². The van der Waals surface area contributed by atoms with Crippen LogP contribution < -0.4 is 9.80 Å². The molecule has 0 aliphatic carbocycles. The van der Waals surface area contributed by atoms with Crippen molar-refractivity contribution in [3.8, 4) is 0 Å². The van der Waals surface area contributed by atoms with E-state index in [0.29, 0.717) is 19.5 Å². The third-order valence-electron chi connectivity index (χ3n) is 3.09. The first-order valence-electron chi connectivity index (χ1n) is 6.02. The normalized spacial score (nSPS) is 14.5. The Morgan fingerprint density at radius 1 is 1.42 bits per heavy atom. The lowest BCUT2D eigenvalue weighted by molar-refractivity contribution is -0.137. The molecule has 1 aromatic rings. The predicted octanol–water partition coefficient (Wildman–Crippen LogP) is 2.10. The molecular weight excluding hydrogens is 312 g/mol. The minimum atomic E-state index is -0.836. The predicted molar refractivity (Wildman–Crippen MR) is 76.6 cm³/mol. The first kappa shape index (κ1) is 13.9. The maximum absolute atomic E-state index is 12.1. The van der Waals surface area contributed by atoms with Crippen LogP contribution in [0, 0.1) is 0 Å². The average molecular weight is 327 g/mol. The lowest BCUT2D eigenvalue weighted by atomic mass is 10.1. The minimum Gasteiger partial charge on any atom is -0.481 e. The lowest BCUT2D eigenvalue weighted by Crippen LogP contribution is -2.44. The van der Waals surface area contributed by atoms with E-state index in [-0.39, 0.29) is 12.3 Å². The smallest absolute Gasteiger partial charge is 0.303 e. The van der Waals surface area contributed by atoms with Crippen molar-refractivity contribution in [3.63, 3.8) is 0 Å². The van der Waals surface area contributed by atoms with Gasteiger partial charge in [-0.1, -0.05) is 15.9 Å². The molecule has 0 spiro atoms. The number of carbonyl (C=O) groups is 2. The highest BCUT2D eigenvalue weighted by atomic mass is 79.9. The second kappa shape index (κ2) is 5.61. The fourth-order valence-electron chi connectivity index (χ4n) is 2.17. The van der Waals surface area contributed by atoms with Crippen LogP contribution in [-0.4, -0.2) is 37.1 Å². The van der Waals surface area contributed by atoms with E-state index in [4.69, 9.17) is 5.11 Å². The monoisotopic (exact) mass is 326 g/mol. The molecule has 0 fully saturated rings. The van der Waals surface area contributed by atoms with Crippen molar-refractivity contribution in [2.75, 3.05) is 29.9 Å². The number of carboxylic acids is 1. The molecule has 0 saturated carbocycles. The zero-order valence-corrected chi connectivity index (χ0v) is 12.2. The second-order valence-electron chi connectivity index (χ2n) is 4.53. The van der Waals surface area contributed by atoms with Crippen molar-refractivity contribution >= 4 is 39.2 Å². The van der Waals surface area contributed by atoms with E-state index in [2.05, 4.69) is 15.9 Å². The molecule has 1 aromatic carbocycles. The molecule has 5 nitrogen and oxygen atoms in total. The van der Waals surface area contributed by atoms with Crippen molar-refractivity contribution in [2.45, 2.75) is 12.8 Å². The Kier molecular flexibility index (Phi) is 4.09. The summed E-state index contributed by atoms with van der Waals surface area (Å²) in [5, 5.41) is 8.66. The van der Waals surface area contributed by atoms with Crippen LogP contribution >= 0.6 is 15.9 Å². The number of aliphatic carboxylic acids is 1. The number of likely N-dealkylation sites (N-methyl/N-ethyl adjacent to an activating group) is 1. The first-order valence-corrected chi connectivity index (χ1v) is 6.81. The Balaban J connectivity index is 2.22. The summed E-state index contributed by atoms with van der Waals surface area (Å²) in [6.07, 6.45) is 0.534. The van der Waals surface area contributed by atoms with Gasteiger partial charge < -0.3 is 14.9 Å². The van der Waals surface area contributed by atoms with Crippen LogP contribution in [0.1, 0.15) is 12.8 Å². The van der Waals surface area contributed by atoms with Gasteiger partial charge in [0.1, 0.15) is 0 Å². The number of hydrogen-bond acceptors (Lipinski definition) is 3. The standard InChI is InChI=1S/C13H15BrN2O3/c1-15-8-12(17)16(6-2-3-13(18)19)10-5-4-9(14)7-11(10)15/h4-5,7H,2-3,6,8H2,1H3,(H,18,19). The Hall–Kier alpha value is -1.56. The van der Waals surface area contributed by atoms with E-state index in [0.717, 1.165) is 15.8 Å². The molecule has 102 valence electrons. The molecule has 2 rings (SSSR count). The van der Waals surface area contributed by atoms with E-state index in [1.807, 2.05) is 30.1 Å². The van der Waals surface area contributed by atoms with Gasteiger partial charge in [0.05, 0.1) is 17.9 Å². The van der Waals surface area contributed by atoms with Gasteiger partial charge in [-0.25, -0.2) is 0 Å². The van der Waals surface area contributed by atoms with E-state index >= 15 is 0 Å². The van der Waals surface area contributed by atoms with Gasteiger partial charge in [0.25, 0.3) is 0 Å². The number of amides is 1. The van der Waals surface area contributed by atoms with Crippen LogP contribution in [0.4, 0.5) is 11.4 Å². The Morgan fingerprint density at radius 2 is 2.16 bits per heavy atom. The molecule has 6 heteroatoms. The van der Waals surface area contributed by atoms with Gasteiger partial charge in [-0.3, -0.25) is 9.59 Å². The van der Waals surface area contributed by atoms with E-state index in [9.17, 15) is 9.59 Å². The average Bonchev–Trinajstić information content (AvgIpc) is 2.33. The minimum absolute atomic E-state index is 0.00251. The van der Waals surface area contributed by atoms with Gasteiger partial charge in [0, 0.05) is 24.5 Å². The van der Waals surface area contributed by atoms with Gasteiger partial charge >= 0.3 is 5.97 Å². The summed E-state index contributed by atoms with van der Waals surface area (Å²) in [5.74, 6) is -0.833. The van der Waals surface area contributed by atoms with Crippen molar-refractivity contribution in [3.05, 3.63) is 22.7 Å². The third kappa shape index (κ3) is 3.07. The van der Waals surface area contributed by atoms with Crippen molar-refractivity contribution < 1.29 is 14.7 Å². The zero-order valence-electron chi connectivity index (χ0n) is 10.6. The maximum Gasteiger partial charge on any atom is 0.303 e. The number of benzene rings is 1. The Labute approximate surface area is 119 Å². The summed E-state index contributed by atoms with van der Waals surface area (Å²) in [4.78, 5) is 26.2. The molecule has 0 bridgehead atoms. The van der Waals surface area contributed by atoms with E-state index < -0.39 is 5.97 Å². The highest BCUT2D eigenvalue weighted by Gasteiger charge is 2.27. The number of fused-ring (bicyclic) bond motifs is 1. The molecule has 19 heavy (non-hydrogen) atoms. The van der Waals surface area contributed by atoms with Crippen LogP contribution in [0.5, 0.6) is 0 Å². The molecule has 1 aliphatic heterocycles. The number of carbonyl (C=O) groups excluding carboxylic acids is 1. The summed E-state index contributed by atoms with van der Waals surface area (Å²) >= 11 is 3.42. The molecular formula is C13H15BrN2O3. The molecule has 0 aromatic heterocycles. The highest BCUT2D eigenvalue weighted by molar-refractivity contribution is 9.10. The summed E-state index contributed by atoms with van der Waals surface area (Å²) in [6, 6.07) is 5.73. The van der Waals surface area contributed by atoms with Gasteiger partial charge in [0.2, 0.25) is 5.91 Å². The third-order valence-corrected chi connectivity index (χ3v) is 3.58.